The number of para-hydroxylation sites is 1. The van der Waals surface area contributed by atoms with Gasteiger partial charge >= 0.3 is 5.91 Å². The molecule has 3 aromatic rings. The highest BCUT2D eigenvalue weighted by molar-refractivity contribution is 6.72. The highest BCUT2D eigenvalue weighted by Crippen LogP contribution is 2.51. The van der Waals surface area contributed by atoms with Crippen LogP contribution in [0.2, 0.25) is 0 Å². The maximum absolute atomic E-state index is 14.7. The summed E-state index contributed by atoms with van der Waals surface area (Å²) in [5, 5.41) is 55.3. The summed E-state index contributed by atoms with van der Waals surface area (Å²) in [7, 11) is 0. The summed E-state index contributed by atoms with van der Waals surface area (Å²) in [4.78, 5) is 68.0. The number of amidine groups is 1. The molecule has 62 heavy (non-hydrogen) atoms. The Morgan fingerprint density at radius 3 is 2.50 bits per heavy atom. The lowest BCUT2D eigenvalue weighted by Crippen LogP contribution is -2.66. The Balaban J connectivity index is 1.29. The Labute approximate surface area is 354 Å². The molecule has 1 amide bonds. The van der Waals surface area contributed by atoms with Crippen LogP contribution in [0, 0.1) is 0 Å². The van der Waals surface area contributed by atoms with Crippen molar-refractivity contribution in [2.45, 2.75) is 99.9 Å². The van der Waals surface area contributed by atoms with E-state index >= 15 is 0 Å². The summed E-state index contributed by atoms with van der Waals surface area (Å²) in [6.45, 7) is -0.968. The van der Waals surface area contributed by atoms with E-state index in [0.29, 0.717) is 35.9 Å². The number of aliphatic hydroxyl groups excluding tert-OH is 5. The molecule has 2 fully saturated rings. The average molecular weight is 852 g/mol. The van der Waals surface area contributed by atoms with E-state index in [0.717, 1.165) is 19.3 Å². The van der Waals surface area contributed by atoms with E-state index in [2.05, 4.69) is 15.0 Å². The molecule has 7 N–H and O–H groups in total. The first-order valence-corrected chi connectivity index (χ1v) is 20.6. The number of hydrogen-bond donors (Lipinski definition) is 6. The number of nitrogens with two attached hydrogens (primary N) is 1. The number of guanidine groups is 1. The summed E-state index contributed by atoms with van der Waals surface area (Å²) < 4.78 is 26.3. The first kappa shape index (κ1) is 41.6. The topological polar surface area (TPSA) is 273 Å². The minimum absolute atomic E-state index is 0.0176. The van der Waals surface area contributed by atoms with Crippen molar-refractivity contribution in [1.82, 2.24) is 0 Å². The maximum Gasteiger partial charge on any atom is 0.302 e. The molecule has 1 spiro atoms. The number of nitrogens with zero attached hydrogens (tertiary/aromatic N) is 4. The number of aliphatic imine (C=N–C) groups is 3. The highest BCUT2D eigenvalue weighted by atomic mass is 16.7. The van der Waals surface area contributed by atoms with Crippen molar-refractivity contribution in [1.29, 1.82) is 0 Å². The molecule has 0 unspecified atom stereocenters. The smallest absolute Gasteiger partial charge is 0.302 e. The van der Waals surface area contributed by atoms with E-state index in [1.807, 2.05) is 6.07 Å². The number of hydrogen-bond acceptors (Lipinski definition) is 17. The van der Waals surface area contributed by atoms with Gasteiger partial charge in [-0.2, -0.15) is 9.98 Å². The third kappa shape index (κ3) is 7.01. The number of carbonyl (C=O) groups excluding carboxylic acids is 4. The van der Waals surface area contributed by atoms with Crippen LogP contribution in [0.3, 0.4) is 0 Å². The second kappa shape index (κ2) is 16.5. The number of aliphatic hydroxyl groups is 5. The van der Waals surface area contributed by atoms with Crippen molar-refractivity contribution in [3.63, 3.8) is 0 Å². The van der Waals surface area contributed by atoms with E-state index in [-0.39, 0.29) is 82.9 Å². The zero-order chi connectivity index (χ0) is 43.4. The van der Waals surface area contributed by atoms with Gasteiger partial charge in [-0.1, -0.05) is 43.5 Å². The van der Waals surface area contributed by atoms with Gasteiger partial charge in [0.1, 0.15) is 44.0 Å². The lowest BCUT2D eigenvalue weighted by molar-refractivity contribution is -0.314. The van der Waals surface area contributed by atoms with Crippen LogP contribution in [0.5, 0.6) is 11.5 Å². The molecule has 6 aliphatic rings. The highest BCUT2D eigenvalue weighted by Gasteiger charge is 2.55. The Hall–Kier alpha value is -5.73. The number of anilines is 1. The predicted molar refractivity (Wildman–Crippen MR) is 219 cm³/mol. The Morgan fingerprint density at radius 2 is 1.73 bits per heavy atom. The largest absolute Gasteiger partial charge is 0.486 e. The second-order valence-electron chi connectivity index (χ2n) is 16.3. The average Bonchev–Trinajstić information content (AvgIpc) is 3.70. The van der Waals surface area contributed by atoms with Crippen molar-refractivity contribution in [2.75, 3.05) is 24.8 Å². The van der Waals surface area contributed by atoms with Gasteiger partial charge in [0.05, 0.1) is 23.9 Å². The number of amides is 1. The van der Waals surface area contributed by atoms with Gasteiger partial charge in [0, 0.05) is 46.9 Å². The first-order valence-electron chi connectivity index (χ1n) is 20.6. The van der Waals surface area contributed by atoms with Gasteiger partial charge in [-0.15, -0.1) is 0 Å². The summed E-state index contributed by atoms with van der Waals surface area (Å²) >= 11 is 0. The van der Waals surface area contributed by atoms with Crippen molar-refractivity contribution in [2.24, 2.45) is 20.7 Å². The quantitative estimate of drug-likeness (QED) is 0.136. The SMILES string of the molecule is NC1=NC(=O)C2=NCN(c3ccccc3[C@H]3CCOC4(CCCCC4)[C@@H]4O[C@H](Oc5c3cc3c(c5OC[C@H](O)CC=O)C(=O)c5cc(CO)ccc5C3=O)[C@@H](O)[C@H](O)[C@H]4O)C2=N1. The second-order valence-corrected chi connectivity index (χ2v) is 16.3. The molecule has 2 aliphatic carbocycles. The molecule has 3 aromatic carbocycles. The van der Waals surface area contributed by atoms with Gasteiger partial charge in [-0.3, -0.25) is 19.4 Å². The number of rotatable bonds is 8. The van der Waals surface area contributed by atoms with Crippen molar-refractivity contribution < 1.29 is 63.7 Å². The molecule has 7 atom stereocenters. The number of fused-ring (bicyclic) bond motifs is 7. The number of carbonyl (C=O) groups is 4. The zero-order valence-electron chi connectivity index (χ0n) is 33.4. The lowest BCUT2D eigenvalue weighted by Gasteiger charge is -2.50. The van der Waals surface area contributed by atoms with Crippen molar-refractivity contribution >= 4 is 47.0 Å². The molecule has 0 radical (unpaired) electrons. The normalized spacial score (nSPS) is 27.0. The minimum Gasteiger partial charge on any atom is -0.486 e. The van der Waals surface area contributed by atoms with Crippen molar-refractivity contribution in [3.05, 3.63) is 87.5 Å². The van der Waals surface area contributed by atoms with E-state index in [1.54, 1.807) is 23.1 Å². The van der Waals surface area contributed by atoms with Gasteiger partial charge in [-0.05, 0) is 54.7 Å². The van der Waals surface area contributed by atoms with Gasteiger partial charge in [0.2, 0.25) is 12.2 Å². The summed E-state index contributed by atoms with van der Waals surface area (Å²) in [6.07, 6.45) is -5.89. The Morgan fingerprint density at radius 1 is 0.935 bits per heavy atom. The van der Waals surface area contributed by atoms with Crippen LogP contribution in [0.25, 0.3) is 0 Å². The molecule has 18 heteroatoms. The molecule has 18 nitrogen and oxygen atoms in total. The van der Waals surface area contributed by atoms with Crippen LogP contribution < -0.4 is 20.1 Å². The molecular formula is C44H45N5O13. The summed E-state index contributed by atoms with van der Waals surface area (Å²) in [6, 6.07) is 13.1. The molecular weight excluding hydrogens is 807 g/mol. The van der Waals surface area contributed by atoms with Crippen LogP contribution in [-0.2, 0) is 25.7 Å². The van der Waals surface area contributed by atoms with E-state index in [4.69, 9.17) is 24.7 Å². The first-order chi connectivity index (χ1) is 29.9. The standard InChI is InChI=1S/C44H45N5O13/c45-43-47-40-31(41(58)48-43)46-20-49(40)29-7-3-2-6-24(29)23-11-15-60-44(12-4-1-5-13-44)39-35(56)34(55)36(57)42(62-39)61-37-27(23)17-28-30(38(37)59-19-22(52)10-14-50)33(54)26-16-21(18-51)8-9-25(26)32(28)53/h2-3,6-9,14,16-17,22-23,34-36,39,42,51-52,55-57H,1,4-5,10-13,15,18-20H2,(H2,45,48,58)/t22-,23-,34-,35-,36+,39-,42+/m1/s1. The van der Waals surface area contributed by atoms with Gasteiger partial charge in [0.25, 0.3) is 0 Å². The van der Waals surface area contributed by atoms with Gasteiger partial charge in [0.15, 0.2) is 34.6 Å². The van der Waals surface area contributed by atoms with Crippen LogP contribution in [0.15, 0.2) is 63.5 Å². The number of benzene rings is 3. The molecule has 4 heterocycles. The van der Waals surface area contributed by atoms with Crippen molar-refractivity contribution in [3.8, 4) is 11.5 Å². The number of aldehydes is 1. The summed E-state index contributed by atoms with van der Waals surface area (Å²) in [5.41, 5.74) is 6.27. The van der Waals surface area contributed by atoms with Crippen LogP contribution in [-0.4, -0.2) is 129 Å². The van der Waals surface area contributed by atoms with Gasteiger partial charge < -0.3 is 59.9 Å². The van der Waals surface area contributed by atoms with Crippen LogP contribution >= 0.6 is 0 Å². The van der Waals surface area contributed by atoms with E-state index < -0.39 is 79.0 Å². The van der Waals surface area contributed by atoms with Crippen LogP contribution in [0.1, 0.15) is 99.4 Å². The van der Waals surface area contributed by atoms with Gasteiger partial charge in [-0.25, -0.2) is 0 Å². The fourth-order valence-electron chi connectivity index (χ4n) is 9.51. The minimum atomic E-state index is -1.86. The predicted octanol–water partition coefficient (Wildman–Crippen LogP) is 1.20. The third-order valence-electron chi connectivity index (χ3n) is 12.6. The molecule has 4 aliphatic heterocycles. The molecule has 1 saturated carbocycles. The zero-order valence-corrected chi connectivity index (χ0v) is 33.4. The molecule has 1 saturated heterocycles. The molecule has 0 aromatic heterocycles. The third-order valence-corrected chi connectivity index (χ3v) is 12.6. The fraction of sp³-hybridized carbons (Fsp3) is 0.432. The number of ketones is 2. The molecule has 9 rings (SSSR count). The van der Waals surface area contributed by atoms with Crippen LogP contribution in [0.4, 0.5) is 5.69 Å². The fourth-order valence-corrected chi connectivity index (χ4v) is 9.51. The molecule has 2 bridgehead atoms. The van der Waals surface area contributed by atoms with E-state index in [9.17, 15) is 44.7 Å². The monoisotopic (exact) mass is 851 g/mol. The maximum atomic E-state index is 14.7. The van der Waals surface area contributed by atoms with E-state index in [1.165, 1.54) is 24.3 Å². The Kier molecular flexibility index (Phi) is 11.1. The molecule has 324 valence electrons. The summed E-state index contributed by atoms with van der Waals surface area (Å²) in [5.74, 6) is -3.30. The lowest BCUT2D eigenvalue weighted by atomic mass is 9.76. The number of ether oxygens (including phenoxy) is 4. The Bertz CT molecular complexity index is 2440.